The second-order valence-corrected chi connectivity index (χ2v) is 5.65. The molecule has 9 heteroatoms. The first-order chi connectivity index (χ1) is 13.1. The van der Waals surface area contributed by atoms with Crippen molar-refractivity contribution < 1.29 is 18.6 Å². The molecule has 0 saturated carbocycles. The van der Waals surface area contributed by atoms with Gasteiger partial charge < -0.3 is 19.5 Å². The Morgan fingerprint density at radius 3 is 2.52 bits per heavy atom. The van der Waals surface area contributed by atoms with Gasteiger partial charge in [0.05, 0.1) is 37.5 Å². The Bertz CT molecular complexity index is 920. The largest absolute Gasteiger partial charge is 0.481 e. The maximum atomic E-state index is 14.0. The van der Waals surface area contributed by atoms with Crippen LogP contribution < -0.4 is 19.5 Å². The fourth-order valence-electron chi connectivity index (χ4n) is 2.21. The molecule has 3 aromatic rings. The van der Waals surface area contributed by atoms with E-state index in [9.17, 15) is 4.39 Å². The lowest BCUT2D eigenvalue weighted by atomic mass is 10.2. The van der Waals surface area contributed by atoms with Crippen LogP contribution in [0, 0.1) is 5.82 Å². The molecule has 1 N–H and O–H groups in total. The zero-order valence-electron chi connectivity index (χ0n) is 14.6. The molecule has 0 bridgehead atoms. The molecule has 0 spiro atoms. The van der Waals surface area contributed by atoms with Crippen LogP contribution in [0.5, 0.6) is 23.5 Å². The van der Waals surface area contributed by atoms with Crippen LogP contribution in [0.25, 0.3) is 0 Å². The summed E-state index contributed by atoms with van der Waals surface area (Å²) in [6, 6.07) is 9.69. The van der Waals surface area contributed by atoms with Crippen molar-refractivity contribution in [3.63, 3.8) is 0 Å². The molecule has 0 aliphatic carbocycles. The quantitative estimate of drug-likeness (QED) is 0.651. The molecule has 0 aliphatic rings. The highest BCUT2D eigenvalue weighted by Gasteiger charge is 2.12. The topological polar surface area (TPSA) is 78.4 Å². The van der Waals surface area contributed by atoms with Crippen molar-refractivity contribution in [2.24, 2.45) is 0 Å². The Morgan fingerprint density at radius 1 is 1.07 bits per heavy atom. The predicted molar refractivity (Wildman–Crippen MR) is 98.2 cm³/mol. The zero-order valence-corrected chi connectivity index (χ0v) is 15.3. The van der Waals surface area contributed by atoms with E-state index in [4.69, 9.17) is 25.8 Å². The maximum Gasteiger partial charge on any atom is 0.328 e. The Hall–Kier alpha value is -3.13. The molecule has 27 heavy (non-hydrogen) atoms. The summed E-state index contributed by atoms with van der Waals surface area (Å²) >= 11 is 5.80. The molecule has 0 unspecified atom stereocenters. The number of anilines is 1. The molecule has 1 aromatic carbocycles. The highest BCUT2D eigenvalue weighted by molar-refractivity contribution is 6.31. The van der Waals surface area contributed by atoms with Gasteiger partial charge in [0.1, 0.15) is 5.69 Å². The van der Waals surface area contributed by atoms with Crippen LogP contribution in [-0.2, 0) is 6.54 Å². The number of pyridine rings is 1. The number of ether oxygens (including phenoxy) is 3. The van der Waals surface area contributed by atoms with Crippen LogP contribution in [-0.4, -0.2) is 29.2 Å². The molecule has 0 radical (unpaired) electrons. The van der Waals surface area contributed by atoms with Gasteiger partial charge in [-0.1, -0.05) is 17.7 Å². The van der Waals surface area contributed by atoms with E-state index >= 15 is 0 Å². The average Bonchev–Trinajstić information content (AvgIpc) is 2.69. The van der Waals surface area contributed by atoms with Crippen molar-refractivity contribution in [2.75, 3.05) is 19.5 Å². The summed E-state index contributed by atoms with van der Waals surface area (Å²) in [6.07, 6.45) is 1.60. The van der Waals surface area contributed by atoms with E-state index in [0.717, 1.165) is 0 Å². The van der Waals surface area contributed by atoms with Gasteiger partial charge in [-0.3, -0.25) is 4.98 Å². The lowest BCUT2D eigenvalue weighted by molar-refractivity contribution is 0.347. The number of nitrogens with zero attached hydrogens (tertiary/aromatic N) is 3. The molecule has 0 aliphatic heterocycles. The van der Waals surface area contributed by atoms with Crippen molar-refractivity contribution in [2.45, 2.75) is 6.54 Å². The van der Waals surface area contributed by atoms with Crippen molar-refractivity contribution in [3.05, 3.63) is 59.1 Å². The first kappa shape index (κ1) is 18.7. The molecular weight excluding hydrogens is 375 g/mol. The molecule has 3 rings (SSSR count). The highest BCUT2D eigenvalue weighted by Crippen LogP contribution is 2.27. The molecule has 0 amide bonds. The number of rotatable bonds is 7. The summed E-state index contributed by atoms with van der Waals surface area (Å²) in [4.78, 5) is 12.5. The van der Waals surface area contributed by atoms with Crippen LogP contribution in [0.2, 0.25) is 5.02 Å². The minimum atomic E-state index is -0.529. The van der Waals surface area contributed by atoms with E-state index in [1.165, 1.54) is 26.4 Å². The van der Waals surface area contributed by atoms with E-state index in [2.05, 4.69) is 20.3 Å². The first-order valence-electron chi connectivity index (χ1n) is 7.87. The molecule has 140 valence electrons. The lowest BCUT2D eigenvalue weighted by Crippen LogP contribution is -2.06. The monoisotopic (exact) mass is 390 g/mol. The second kappa shape index (κ2) is 8.50. The predicted octanol–water partition coefficient (Wildman–Crippen LogP) is 4.09. The van der Waals surface area contributed by atoms with Gasteiger partial charge >= 0.3 is 6.01 Å². The maximum absolute atomic E-state index is 14.0. The smallest absolute Gasteiger partial charge is 0.328 e. The molecule has 0 fully saturated rings. The summed E-state index contributed by atoms with van der Waals surface area (Å²) in [6.45, 7) is 0.203. The van der Waals surface area contributed by atoms with Crippen LogP contribution in [0.15, 0.2) is 42.6 Å². The summed E-state index contributed by atoms with van der Waals surface area (Å²) in [7, 11) is 2.95. The molecule has 2 aromatic heterocycles. The van der Waals surface area contributed by atoms with Gasteiger partial charge in [-0.25, -0.2) is 4.39 Å². The first-order valence-corrected chi connectivity index (χ1v) is 8.25. The minimum absolute atomic E-state index is 0.0365. The molecule has 7 nitrogen and oxygen atoms in total. The Kier molecular flexibility index (Phi) is 5.87. The normalized spacial score (nSPS) is 10.4. The van der Waals surface area contributed by atoms with Crippen molar-refractivity contribution in [3.8, 4) is 23.5 Å². The molecule has 2 heterocycles. The molecule has 0 saturated heterocycles. The number of nitrogens with one attached hydrogen (secondary N) is 1. The van der Waals surface area contributed by atoms with E-state index in [-0.39, 0.29) is 23.3 Å². The summed E-state index contributed by atoms with van der Waals surface area (Å²) < 4.78 is 30.0. The third-order valence-electron chi connectivity index (χ3n) is 3.52. The van der Waals surface area contributed by atoms with E-state index in [0.29, 0.717) is 23.2 Å². The van der Waals surface area contributed by atoms with Gasteiger partial charge in [0.2, 0.25) is 11.8 Å². The standard InChI is InChI=1S/C18H16ClFN4O3/c1-25-15-9-16(26-2)24-18(23-15)27-14-7-4-8-21-13(14)10-22-12-6-3-5-11(19)17(12)20/h3-9,22H,10H2,1-2H3. The SMILES string of the molecule is COc1cc(OC)nc(Oc2cccnc2CNc2cccc(Cl)c2F)n1. The number of methoxy groups -OCH3 is 2. The van der Waals surface area contributed by atoms with Gasteiger partial charge in [-0.15, -0.1) is 0 Å². The van der Waals surface area contributed by atoms with E-state index in [1.54, 1.807) is 30.5 Å². The van der Waals surface area contributed by atoms with Gasteiger partial charge in [0.15, 0.2) is 11.6 Å². The van der Waals surface area contributed by atoms with Gasteiger partial charge in [0, 0.05) is 6.20 Å². The van der Waals surface area contributed by atoms with Crippen LogP contribution >= 0.6 is 11.6 Å². The van der Waals surface area contributed by atoms with Crippen molar-refractivity contribution in [1.82, 2.24) is 15.0 Å². The summed E-state index contributed by atoms with van der Waals surface area (Å²) in [5.74, 6) is 0.462. The van der Waals surface area contributed by atoms with Gasteiger partial charge in [0.25, 0.3) is 0 Å². The van der Waals surface area contributed by atoms with E-state index in [1.807, 2.05) is 0 Å². The van der Waals surface area contributed by atoms with Crippen LogP contribution in [0.1, 0.15) is 5.69 Å². The number of hydrogen-bond donors (Lipinski definition) is 1. The zero-order chi connectivity index (χ0) is 19.2. The van der Waals surface area contributed by atoms with Gasteiger partial charge in [-0.2, -0.15) is 9.97 Å². The second-order valence-electron chi connectivity index (χ2n) is 5.24. The van der Waals surface area contributed by atoms with Crippen molar-refractivity contribution >= 4 is 17.3 Å². The van der Waals surface area contributed by atoms with Crippen molar-refractivity contribution in [1.29, 1.82) is 0 Å². The van der Waals surface area contributed by atoms with Crippen LogP contribution in [0.3, 0.4) is 0 Å². The Morgan fingerprint density at radius 2 is 1.81 bits per heavy atom. The number of halogens is 2. The number of benzene rings is 1. The Labute approximate surface area is 160 Å². The summed E-state index contributed by atoms with van der Waals surface area (Å²) in [5.41, 5.74) is 0.792. The van der Waals surface area contributed by atoms with Crippen LogP contribution in [0.4, 0.5) is 10.1 Å². The third kappa shape index (κ3) is 4.53. The van der Waals surface area contributed by atoms with E-state index < -0.39 is 5.82 Å². The molecular formula is C18H16ClFN4O3. The highest BCUT2D eigenvalue weighted by atomic mass is 35.5. The lowest BCUT2D eigenvalue weighted by Gasteiger charge is -2.12. The average molecular weight is 391 g/mol. The number of aromatic nitrogens is 3. The number of hydrogen-bond acceptors (Lipinski definition) is 7. The Balaban J connectivity index is 1.81. The fraction of sp³-hybridized carbons (Fsp3) is 0.167. The third-order valence-corrected chi connectivity index (χ3v) is 3.82. The minimum Gasteiger partial charge on any atom is -0.481 e. The fourth-order valence-corrected chi connectivity index (χ4v) is 2.38. The summed E-state index contributed by atoms with van der Waals surface area (Å²) in [5, 5.41) is 2.99. The van der Waals surface area contributed by atoms with Gasteiger partial charge in [-0.05, 0) is 24.3 Å². The molecule has 0 atom stereocenters.